The van der Waals surface area contributed by atoms with Crippen LogP contribution in [0.25, 0.3) is 0 Å². The lowest BCUT2D eigenvalue weighted by atomic mass is 9.87. The Balaban J connectivity index is 1.44. The Morgan fingerprint density at radius 3 is 2.52 bits per heavy atom. The van der Waals surface area contributed by atoms with E-state index in [2.05, 4.69) is 4.90 Å². The van der Waals surface area contributed by atoms with Crippen LogP contribution in [0.1, 0.15) is 68.1 Å². The van der Waals surface area contributed by atoms with E-state index in [9.17, 15) is 9.18 Å². The quantitative estimate of drug-likeness (QED) is 0.555. The van der Waals surface area contributed by atoms with Crippen LogP contribution in [0.4, 0.5) is 10.1 Å². The van der Waals surface area contributed by atoms with E-state index in [1.807, 2.05) is 0 Å². The second-order valence-corrected chi connectivity index (χ2v) is 8.28. The number of halogens is 1. The molecule has 150 valence electrons. The first-order chi connectivity index (χ1) is 13.1. The van der Waals surface area contributed by atoms with Gasteiger partial charge in [-0.05, 0) is 63.1 Å². The number of Topliss-reactive ketones (excluding diaryl/α,β-unsaturated/α-hetero) is 1. The highest BCUT2D eigenvalue weighted by atomic mass is 19.1. The van der Waals surface area contributed by atoms with Gasteiger partial charge in [0, 0.05) is 19.0 Å². The first kappa shape index (κ1) is 20.1. The van der Waals surface area contributed by atoms with Crippen LogP contribution in [0.2, 0.25) is 0 Å². The Morgan fingerprint density at radius 1 is 1.15 bits per heavy atom. The van der Waals surface area contributed by atoms with Crippen molar-refractivity contribution in [3.8, 4) is 5.75 Å². The van der Waals surface area contributed by atoms with E-state index in [1.165, 1.54) is 57.9 Å². The van der Waals surface area contributed by atoms with Crippen LogP contribution in [-0.2, 0) is 0 Å². The van der Waals surface area contributed by atoms with Crippen LogP contribution in [0.5, 0.6) is 5.75 Å². The number of ketones is 1. The standard InChI is InChI=1S/C22H33FN2O2/c1-27-22-14-20(24)19(23)13-18(22)21(26)8-7-16-9-11-25(12-10-16)15-17-5-3-2-4-6-17/h13-14,16-17H,2-12,15,24H2,1H3. The number of methoxy groups -OCH3 is 1. The summed E-state index contributed by atoms with van der Waals surface area (Å²) in [4.78, 5) is 15.2. The predicted octanol–water partition coefficient (Wildman–Crippen LogP) is 4.67. The monoisotopic (exact) mass is 376 g/mol. The van der Waals surface area contributed by atoms with Gasteiger partial charge in [0.25, 0.3) is 0 Å². The number of piperidine rings is 1. The number of hydrogen-bond donors (Lipinski definition) is 1. The Hall–Kier alpha value is -1.62. The first-order valence-electron chi connectivity index (χ1n) is 10.5. The summed E-state index contributed by atoms with van der Waals surface area (Å²) in [5.74, 6) is 1.22. The fourth-order valence-corrected chi connectivity index (χ4v) is 4.62. The molecular formula is C22H33FN2O2. The molecular weight excluding hydrogens is 343 g/mol. The lowest BCUT2D eigenvalue weighted by Gasteiger charge is -2.35. The summed E-state index contributed by atoms with van der Waals surface area (Å²) in [5.41, 5.74) is 5.88. The zero-order chi connectivity index (χ0) is 19.2. The number of rotatable bonds is 7. The third-order valence-corrected chi connectivity index (χ3v) is 6.35. The summed E-state index contributed by atoms with van der Waals surface area (Å²) in [6.45, 7) is 3.55. The molecule has 4 nitrogen and oxygen atoms in total. The summed E-state index contributed by atoms with van der Waals surface area (Å²) in [6, 6.07) is 2.61. The van der Waals surface area contributed by atoms with Gasteiger partial charge < -0.3 is 15.4 Å². The maximum absolute atomic E-state index is 13.7. The first-order valence-corrected chi connectivity index (χ1v) is 10.5. The summed E-state index contributed by atoms with van der Waals surface area (Å²) >= 11 is 0. The van der Waals surface area contributed by atoms with Crippen molar-refractivity contribution in [2.75, 3.05) is 32.5 Å². The number of nitrogens with two attached hydrogens (primary N) is 1. The van der Waals surface area contributed by atoms with Gasteiger partial charge in [0.2, 0.25) is 0 Å². The van der Waals surface area contributed by atoms with Crippen molar-refractivity contribution in [2.45, 2.75) is 57.8 Å². The predicted molar refractivity (Wildman–Crippen MR) is 107 cm³/mol. The van der Waals surface area contributed by atoms with Crippen molar-refractivity contribution in [3.05, 3.63) is 23.5 Å². The zero-order valence-electron chi connectivity index (χ0n) is 16.5. The molecule has 0 unspecified atom stereocenters. The van der Waals surface area contributed by atoms with Crippen LogP contribution in [-0.4, -0.2) is 37.4 Å². The molecule has 0 radical (unpaired) electrons. The number of hydrogen-bond acceptors (Lipinski definition) is 4. The van der Waals surface area contributed by atoms with Gasteiger partial charge in [-0.3, -0.25) is 4.79 Å². The molecule has 0 amide bonds. The van der Waals surface area contributed by atoms with Gasteiger partial charge in [0.05, 0.1) is 18.4 Å². The molecule has 2 N–H and O–H groups in total. The Kier molecular flexibility index (Phi) is 7.11. The summed E-state index contributed by atoms with van der Waals surface area (Å²) in [7, 11) is 1.48. The van der Waals surface area contributed by atoms with E-state index >= 15 is 0 Å². The second-order valence-electron chi connectivity index (χ2n) is 8.28. The van der Waals surface area contributed by atoms with Crippen LogP contribution in [0.3, 0.4) is 0 Å². The van der Waals surface area contributed by atoms with E-state index in [0.29, 0.717) is 23.7 Å². The van der Waals surface area contributed by atoms with E-state index in [-0.39, 0.29) is 11.5 Å². The van der Waals surface area contributed by atoms with E-state index in [4.69, 9.17) is 10.5 Å². The summed E-state index contributed by atoms with van der Waals surface area (Å²) in [6.07, 6.45) is 10.6. The highest BCUT2D eigenvalue weighted by Gasteiger charge is 2.24. The normalized spacial score (nSPS) is 19.9. The molecule has 0 spiro atoms. The van der Waals surface area contributed by atoms with E-state index < -0.39 is 5.82 Å². The third-order valence-electron chi connectivity index (χ3n) is 6.35. The zero-order valence-corrected chi connectivity index (χ0v) is 16.5. The van der Waals surface area contributed by atoms with Crippen LogP contribution in [0, 0.1) is 17.7 Å². The fraction of sp³-hybridized carbons (Fsp3) is 0.682. The maximum atomic E-state index is 13.7. The third kappa shape index (κ3) is 5.44. The van der Waals surface area contributed by atoms with Crippen molar-refractivity contribution in [1.82, 2.24) is 4.90 Å². The van der Waals surface area contributed by atoms with Gasteiger partial charge in [-0.1, -0.05) is 19.3 Å². The Labute approximate surface area is 162 Å². The lowest BCUT2D eigenvalue weighted by Crippen LogP contribution is -2.37. The van der Waals surface area contributed by atoms with Crippen molar-refractivity contribution in [1.29, 1.82) is 0 Å². The molecule has 27 heavy (non-hydrogen) atoms. The van der Waals surface area contributed by atoms with E-state index in [0.717, 1.165) is 38.3 Å². The molecule has 1 aliphatic heterocycles. The Morgan fingerprint density at radius 2 is 1.85 bits per heavy atom. The molecule has 2 aliphatic rings. The van der Waals surface area contributed by atoms with Gasteiger partial charge in [-0.15, -0.1) is 0 Å². The van der Waals surface area contributed by atoms with Gasteiger partial charge >= 0.3 is 0 Å². The average Bonchev–Trinajstić information content (AvgIpc) is 2.69. The van der Waals surface area contributed by atoms with Gasteiger partial charge in [-0.2, -0.15) is 0 Å². The summed E-state index contributed by atoms with van der Waals surface area (Å²) in [5, 5.41) is 0. The topological polar surface area (TPSA) is 55.6 Å². The van der Waals surface area contributed by atoms with Crippen molar-refractivity contribution in [3.63, 3.8) is 0 Å². The van der Waals surface area contributed by atoms with E-state index in [1.54, 1.807) is 0 Å². The molecule has 0 atom stereocenters. The number of ether oxygens (including phenoxy) is 1. The molecule has 5 heteroatoms. The van der Waals surface area contributed by atoms with Crippen LogP contribution < -0.4 is 10.5 Å². The highest BCUT2D eigenvalue weighted by Crippen LogP contribution is 2.30. The number of carbonyl (C=O) groups is 1. The minimum absolute atomic E-state index is 0.00809. The molecule has 0 aromatic heterocycles. The molecule has 1 aromatic carbocycles. The minimum Gasteiger partial charge on any atom is -0.496 e. The summed E-state index contributed by atoms with van der Waals surface area (Å²) < 4.78 is 19.0. The number of carbonyl (C=O) groups excluding carboxylic acids is 1. The van der Waals surface area contributed by atoms with Gasteiger partial charge in [-0.25, -0.2) is 4.39 Å². The molecule has 0 bridgehead atoms. The van der Waals surface area contributed by atoms with Crippen molar-refractivity contribution >= 4 is 11.5 Å². The molecule has 1 saturated carbocycles. The molecule has 1 saturated heterocycles. The van der Waals surface area contributed by atoms with Crippen molar-refractivity contribution in [2.24, 2.45) is 11.8 Å². The molecule has 1 aliphatic carbocycles. The lowest BCUT2D eigenvalue weighted by molar-refractivity contribution is 0.0953. The number of benzene rings is 1. The molecule has 1 aromatic rings. The van der Waals surface area contributed by atoms with Gasteiger partial charge in [0.1, 0.15) is 11.6 Å². The van der Waals surface area contributed by atoms with Crippen molar-refractivity contribution < 1.29 is 13.9 Å². The highest BCUT2D eigenvalue weighted by molar-refractivity contribution is 5.99. The number of likely N-dealkylation sites (tertiary alicyclic amines) is 1. The minimum atomic E-state index is -0.560. The number of anilines is 1. The Bertz CT molecular complexity index is 635. The van der Waals surface area contributed by atoms with Crippen LogP contribution in [0.15, 0.2) is 12.1 Å². The SMILES string of the molecule is COc1cc(N)c(F)cc1C(=O)CCC1CCN(CC2CCCCC2)CC1. The number of nitrogen functional groups attached to an aromatic ring is 1. The number of nitrogens with zero attached hydrogens (tertiary/aromatic N) is 1. The largest absolute Gasteiger partial charge is 0.496 e. The fourth-order valence-electron chi connectivity index (χ4n) is 4.62. The molecule has 3 rings (SSSR count). The van der Waals surface area contributed by atoms with Crippen LogP contribution >= 0.6 is 0 Å². The smallest absolute Gasteiger partial charge is 0.166 e. The molecule has 2 fully saturated rings. The second kappa shape index (κ2) is 9.54. The average molecular weight is 377 g/mol. The van der Waals surface area contributed by atoms with Gasteiger partial charge in [0.15, 0.2) is 5.78 Å². The maximum Gasteiger partial charge on any atom is 0.166 e. The molecule has 1 heterocycles.